The van der Waals surface area contributed by atoms with E-state index in [9.17, 15) is 9.18 Å². The van der Waals surface area contributed by atoms with Gasteiger partial charge in [0.25, 0.3) is 0 Å². The number of rotatable bonds is 5. The molecule has 5 heteroatoms. The van der Waals surface area contributed by atoms with Crippen molar-refractivity contribution in [3.8, 4) is 0 Å². The van der Waals surface area contributed by atoms with E-state index < -0.39 is 5.97 Å². The third-order valence-electron chi connectivity index (χ3n) is 3.09. The Morgan fingerprint density at radius 3 is 2.70 bits per heavy atom. The predicted molar refractivity (Wildman–Crippen MR) is 71.7 cm³/mol. The number of hydrogen-bond donors (Lipinski definition) is 1. The molecule has 20 heavy (non-hydrogen) atoms. The van der Waals surface area contributed by atoms with Crippen molar-refractivity contribution in [2.45, 2.75) is 19.5 Å². The van der Waals surface area contributed by atoms with Gasteiger partial charge in [-0.3, -0.25) is 0 Å². The topological polar surface area (TPSA) is 51.5 Å². The van der Waals surface area contributed by atoms with Crippen LogP contribution < -0.4 is 5.32 Å². The van der Waals surface area contributed by atoms with E-state index in [0.717, 1.165) is 11.1 Å². The van der Waals surface area contributed by atoms with Gasteiger partial charge in [-0.1, -0.05) is 12.1 Å². The molecule has 1 heterocycles. The van der Waals surface area contributed by atoms with Gasteiger partial charge in [0.15, 0.2) is 0 Å². The van der Waals surface area contributed by atoms with E-state index in [1.165, 1.54) is 25.5 Å². The van der Waals surface area contributed by atoms with Crippen LogP contribution in [0.25, 0.3) is 0 Å². The molecule has 1 N–H and O–H groups in total. The van der Waals surface area contributed by atoms with Gasteiger partial charge in [0.2, 0.25) is 5.76 Å². The van der Waals surface area contributed by atoms with Gasteiger partial charge >= 0.3 is 5.97 Å². The Labute approximate surface area is 116 Å². The van der Waals surface area contributed by atoms with E-state index in [4.69, 9.17) is 4.42 Å². The lowest BCUT2D eigenvalue weighted by Gasteiger charge is -2.14. The van der Waals surface area contributed by atoms with E-state index in [1.54, 1.807) is 18.2 Å². The molecular formula is C15H16FNO3. The summed E-state index contributed by atoms with van der Waals surface area (Å²) in [6, 6.07) is 8.04. The Morgan fingerprint density at radius 2 is 2.05 bits per heavy atom. The molecule has 0 aliphatic carbocycles. The third-order valence-corrected chi connectivity index (χ3v) is 3.09. The molecule has 0 saturated heterocycles. The molecule has 1 aromatic carbocycles. The van der Waals surface area contributed by atoms with Crippen LogP contribution in [0.2, 0.25) is 0 Å². The van der Waals surface area contributed by atoms with Gasteiger partial charge in [-0.15, -0.1) is 0 Å². The average Bonchev–Trinajstić information content (AvgIpc) is 2.93. The summed E-state index contributed by atoms with van der Waals surface area (Å²) in [7, 11) is 1.31. The van der Waals surface area contributed by atoms with Crippen LogP contribution in [0.4, 0.5) is 4.39 Å². The van der Waals surface area contributed by atoms with Crippen LogP contribution in [0.15, 0.2) is 41.0 Å². The van der Waals surface area contributed by atoms with Crippen LogP contribution in [0.1, 0.15) is 34.6 Å². The number of nitrogens with one attached hydrogen (secondary N) is 1. The number of esters is 1. The lowest BCUT2D eigenvalue weighted by atomic mass is 10.1. The van der Waals surface area contributed by atoms with Crippen LogP contribution in [-0.2, 0) is 11.3 Å². The summed E-state index contributed by atoms with van der Waals surface area (Å²) >= 11 is 0. The zero-order valence-electron chi connectivity index (χ0n) is 11.4. The highest BCUT2D eigenvalue weighted by atomic mass is 19.1. The van der Waals surface area contributed by atoms with Crippen molar-refractivity contribution >= 4 is 5.97 Å². The smallest absolute Gasteiger partial charge is 0.374 e. The summed E-state index contributed by atoms with van der Waals surface area (Å²) in [6.07, 6.45) is 1.45. The number of benzene rings is 1. The molecule has 1 atom stereocenters. The fourth-order valence-electron chi connectivity index (χ4n) is 1.88. The van der Waals surface area contributed by atoms with Crippen LogP contribution in [0, 0.1) is 5.82 Å². The van der Waals surface area contributed by atoms with E-state index in [0.29, 0.717) is 6.54 Å². The summed E-state index contributed by atoms with van der Waals surface area (Å²) in [5.74, 6) is -0.559. The van der Waals surface area contributed by atoms with Gasteiger partial charge in [0, 0.05) is 18.2 Å². The number of ether oxygens (including phenoxy) is 1. The Balaban J connectivity index is 2.00. The van der Waals surface area contributed by atoms with Crippen molar-refractivity contribution in [1.82, 2.24) is 5.32 Å². The van der Waals surface area contributed by atoms with Crippen LogP contribution in [-0.4, -0.2) is 13.1 Å². The summed E-state index contributed by atoms with van der Waals surface area (Å²) in [5, 5.41) is 3.25. The molecule has 0 unspecified atom stereocenters. The number of methoxy groups -OCH3 is 1. The number of carbonyl (C=O) groups is 1. The SMILES string of the molecule is COC(=O)c1occc1CN[C@@H](C)c1ccc(F)cc1. The molecule has 0 spiro atoms. The molecule has 0 bridgehead atoms. The van der Waals surface area contributed by atoms with Crippen molar-refractivity contribution in [2.24, 2.45) is 0 Å². The van der Waals surface area contributed by atoms with E-state index in [-0.39, 0.29) is 17.6 Å². The Kier molecular flexibility index (Phi) is 4.53. The van der Waals surface area contributed by atoms with Crippen LogP contribution in [0.5, 0.6) is 0 Å². The minimum atomic E-state index is -0.499. The summed E-state index contributed by atoms with van der Waals surface area (Å²) in [5.41, 5.74) is 1.69. The van der Waals surface area contributed by atoms with E-state index in [2.05, 4.69) is 10.1 Å². The van der Waals surface area contributed by atoms with Gasteiger partial charge < -0.3 is 14.5 Å². The molecule has 106 valence electrons. The van der Waals surface area contributed by atoms with E-state index >= 15 is 0 Å². The standard InChI is InChI=1S/C15H16FNO3/c1-10(11-3-5-13(16)6-4-11)17-9-12-7-8-20-14(12)15(18)19-2/h3-8,10,17H,9H2,1-2H3/t10-/m0/s1. The van der Waals surface area contributed by atoms with Gasteiger partial charge in [0.05, 0.1) is 13.4 Å². The quantitative estimate of drug-likeness (QED) is 0.853. The molecule has 0 radical (unpaired) electrons. The average molecular weight is 277 g/mol. The number of hydrogen-bond acceptors (Lipinski definition) is 4. The van der Waals surface area contributed by atoms with Crippen LogP contribution >= 0.6 is 0 Å². The fourth-order valence-corrected chi connectivity index (χ4v) is 1.88. The molecule has 1 aromatic heterocycles. The second kappa shape index (κ2) is 6.34. The number of halogens is 1. The highest BCUT2D eigenvalue weighted by Crippen LogP contribution is 2.16. The van der Waals surface area contributed by atoms with Crippen molar-refractivity contribution in [3.05, 3.63) is 59.3 Å². The maximum Gasteiger partial charge on any atom is 0.374 e. The molecule has 0 amide bonds. The first-order valence-corrected chi connectivity index (χ1v) is 6.25. The maximum absolute atomic E-state index is 12.9. The van der Waals surface area contributed by atoms with Crippen LogP contribution in [0.3, 0.4) is 0 Å². The summed E-state index contributed by atoms with van der Waals surface area (Å²) < 4.78 is 22.6. The zero-order chi connectivity index (χ0) is 14.5. The first kappa shape index (κ1) is 14.3. The zero-order valence-corrected chi connectivity index (χ0v) is 11.4. The first-order valence-electron chi connectivity index (χ1n) is 6.25. The molecule has 2 rings (SSSR count). The molecule has 4 nitrogen and oxygen atoms in total. The highest BCUT2D eigenvalue weighted by Gasteiger charge is 2.16. The Morgan fingerprint density at radius 1 is 1.35 bits per heavy atom. The molecule has 2 aromatic rings. The minimum Gasteiger partial charge on any atom is -0.463 e. The molecule has 0 fully saturated rings. The molecule has 0 aliphatic rings. The van der Waals surface area contributed by atoms with Gasteiger partial charge in [-0.2, -0.15) is 0 Å². The Bertz CT molecular complexity index is 577. The van der Waals surface area contributed by atoms with Crippen molar-refractivity contribution in [3.63, 3.8) is 0 Å². The Hall–Kier alpha value is -2.14. The monoisotopic (exact) mass is 277 g/mol. The lowest BCUT2D eigenvalue weighted by Crippen LogP contribution is -2.19. The third kappa shape index (κ3) is 3.24. The summed E-state index contributed by atoms with van der Waals surface area (Å²) in [6.45, 7) is 2.42. The molecule has 0 saturated carbocycles. The minimum absolute atomic E-state index is 0.0241. The summed E-state index contributed by atoms with van der Waals surface area (Å²) in [4.78, 5) is 11.5. The lowest BCUT2D eigenvalue weighted by molar-refractivity contribution is 0.0563. The number of carbonyl (C=O) groups excluding carboxylic acids is 1. The van der Waals surface area contributed by atoms with Gasteiger partial charge in [-0.05, 0) is 30.7 Å². The maximum atomic E-state index is 12.9. The van der Waals surface area contributed by atoms with Gasteiger partial charge in [0.1, 0.15) is 5.82 Å². The molecule has 0 aliphatic heterocycles. The highest BCUT2D eigenvalue weighted by molar-refractivity contribution is 5.87. The fraction of sp³-hybridized carbons (Fsp3) is 0.267. The first-order chi connectivity index (χ1) is 9.61. The predicted octanol–water partition coefficient (Wildman–Crippen LogP) is 3.06. The normalized spacial score (nSPS) is 12.2. The van der Waals surface area contributed by atoms with Gasteiger partial charge in [-0.25, -0.2) is 9.18 Å². The van der Waals surface area contributed by atoms with Crippen molar-refractivity contribution in [2.75, 3.05) is 7.11 Å². The largest absolute Gasteiger partial charge is 0.463 e. The molecular weight excluding hydrogens is 261 g/mol. The van der Waals surface area contributed by atoms with E-state index in [1.807, 2.05) is 6.92 Å². The second-order valence-corrected chi connectivity index (χ2v) is 4.42. The second-order valence-electron chi connectivity index (χ2n) is 4.42. The van der Waals surface area contributed by atoms with Crippen molar-refractivity contribution < 1.29 is 18.3 Å². The van der Waals surface area contributed by atoms with Crippen molar-refractivity contribution in [1.29, 1.82) is 0 Å². The number of furan rings is 1.